The van der Waals surface area contributed by atoms with Crippen molar-refractivity contribution in [2.75, 3.05) is 19.0 Å². The maximum atomic E-state index is 13.3. The number of carbonyl (C=O) groups is 2. The maximum Gasteiger partial charge on any atom is 0.275 e. The Morgan fingerprint density at radius 1 is 1.24 bits per heavy atom. The van der Waals surface area contributed by atoms with Crippen LogP contribution in [-0.2, 0) is 4.79 Å². The van der Waals surface area contributed by atoms with Crippen LogP contribution in [0.5, 0.6) is 0 Å². The van der Waals surface area contributed by atoms with Gasteiger partial charge in [-0.2, -0.15) is 0 Å². The largest absolute Gasteiger partial charge is 0.368 e. The molecule has 2 amide bonds. The summed E-state index contributed by atoms with van der Waals surface area (Å²) in [4.78, 5) is 34.0. The SMILES string of the molecule is CN(C)c1nc(C(=O)N2[C@H](C(N)=O)C[C@@H]3C[C@@H]32)c(-c2ccccc2)s1. The molecule has 1 aliphatic heterocycles. The van der Waals surface area contributed by atoms with E-state index in [4.69, 9.17) is 5.73 Å². The molecule has 2 heterocycles. The van der Waals surface area contributed by atoms with Gasteiger partial charge in [-0.05, 0) is 24.3 Å². The topological polar surface area (TPSA) is 79.5 Å². The number of anilines is 1. The zero-order valence-corrected chi connectivity index (χ0v) is 15.0. The summed E-state index contributed by atoms with van der Waals surface area (Å²) in [5.41, 5.74) is 6.90. The van der Waals surface area contributed by atoms with Crippen LogP contribution in [0, 0.1) is 5.92 Å². The van der Waals surface area contributed by atoms with E-state index in [0.29, 0.717) is 18.0 Å². The molecule has 2 aliphatic rings. The molecule has 2 aromatic rings. The number of benzene rings is 1. The van der Waals surface area contributed by atoms with Gasteiger partial charge in [0, 0.05) is 20.1 Å². The van der Waals surface area contributed by atoms with Crippen molar-refractivity contribution in [1.82, 2.24) is 9.88 Å². The van der Waals surface area contributed by atoms with E-state index in [1.165, 1.54) is 11.3 Å². The van der Waals surface area contributed by atoms with Gasteiger partial charge in [-0.3, -0.25) is 9.59 Å². The zero-order chi connectivity index (χ0) is 17.7. The molecule has 3 atom stereocenters. The van der Waals surface area contributed by atoms with Crippen LogP contribution in [0.1, 0.15) is 23.3 Å². The molecular weight excluding hydrogens is 336 g/mol. The van der Waals surface area contributed by atoms with Crippen molar-refractivity contribution in [2.45, 2.75) is 24.9 Å². The van der Waals surface area contributed by atoms with Gasteiger partial charge in [0.25, 0.3) is 5.91 Å². The minimum atomic E-state index is -0.510. The van der Waals surface area contributed by atoms with Crippen molar-refractivity contribution in [2.24, 2.45) is 11.7 Å². The summed E-state index contributed by atoms with van der Waals surface area (Å²) < 4.78 is 0. The van der Waals surface area contributed by atoms with Gasteiger partial charge in [-0.1, -0.05) is 41.7 Å². The molecule has 1 saturated heterocycles. The smallest absolute Gasteiger partial charge is 0.275 e. The highest BCUT2D eigenvalue weighted by atomic mass is 32.1. The van der Waals surface area contributed by atoms with Crippen LogP contribution in [0.25, 0.3) is 10.4 Å². The molecule has 2 N–H and O–H groups in total. The van der Waals surface area contributed by atoms with Crippen molar-refractivity contribution in [3.05, 3.63) is 36.0 Å². The lowest BCUT2D eigenvalue weighted by Gasteiger charge is -2.24. The number of amides is 2. The van der Waals surface area contributed by atoms with E-state index in [2.05, 4.69) is 4.98 Å². The van der Waals surface area contributed by atoms with Crippen LogP contribution in [0.2, 0.25) is 0 Å². The second kappa shape index (κ2) is 5.84. The second-order valence-corrected chi connectivity index (χ2v) is 7.84. The molecular formula is C18H20N4O2S. The summed E-state index contributed by atoms with van der Waals surface area (Å²) in [6, 6.07) is 9.40. The van der Waals surface area contributed by atoms with E-state index < -0.39 is 11.9 Å². The fourth-order valence-corrected chi connectivity index (χ4v) is 4.54. The van der Waals surface area contributed by atoms with Gasteiger partial charge in [0.05, 0.1) is 4.88 Å². The van der Waals surface area contributed by atoms with Crippen molar-refractivity contribution >= 4 is 28.3 Å². The monoisotopic (exact) mass is 356 g/mol. The number of thiazole rings is 1. The second-order valence-electron chi connectivity index (χ2n) is 6.86. The molecule has 2 fully saturated rings. The van der Waals surface area contributed by atoms with Crippen LogP contribution in [0.3, 0.4) is 0 Å². The Kier molecular flexibility index (Phi) is 3.76. The summed E-state index contributed by atoms with van der Waals surface area (Å²) in [5, 5.41) is 0.768. The van der Waals surface area contributed by atoms with Gasteiger partial charge in [-0.25, -0.2) is 4.98 Å². The normalized spacial score (nSPS) is 24.1. The third kappa shape index (κ3) is 2.68. The number of carbonyl (C=O) groups excluding carboxylic acids is 2. The van der Waals surface area contributed by atoms with Crippen LogP contribution in [0.15, 0.2) is 30.3 Å². The van der Waals surface area contributed by atoms with Crippen LogP contribution >= 0.6 is 11.3 Å². The molecule has 6 nitrogen and oxygen atoms in total. The van der Waals surface area contributed by atoms with E-state index >= 15 is 0 Å². The highest BCUT2D eigenvalue weighted by molar-refractivity contribution is 7.19. The Labute approximate surface area is 150 Å². The first-order valence-electron chi connectivity index (χ1n) is 8.33. The number of rotatable bonds is 4. The van der Waals surface area contributed by atoms with Gasteiger partial charge < -0.3 is 15.5 Å². The molecule has 1 aliphatic carbocycles. The molecule has 4 rings (SSSR count). The Balaban J connectivity index is 1.76. The van der Waals surface area contributed by atoms with Crippen molar-refractivity contribution in [3.8, 4) is 10.4 Å². The highest BCUT2D eigenvalue weighted by Crippen LogP contribution is 2.49. The van der Waals surface area contributed by atoms with Crippen molar-refractivity contribution in [3.63, 3.8) is 0 Å². The Morgan fingerprint density at radius 2 is 1.96 bits per heavy atom. The number of hydrogen-bond acceptors (Lipinski definition) is 5. The van der Waals surface area contributed by atoms with E-state index in [0.717, 1.165) is 22.0 Å². The van der Waals surface area contributed by atoms with Crippen LogP contribution in [0.4, 0.5) is 5.13 Å². The number of nitrogens with zero attached hydrogens (tertiary/aromatic N) is 3. The lowest BCUT2D eigenvalue weighted by Crippen LogP contribution is -2.46. The fraction of sp³-hybridized carbons (Fsp3) is 0.389. The van der Waals surface area contributed by atoms with Gasteiger partial charge in [0.15, 0.2) is 5.13 Å². The highest BCUT2D eigenvalue weighted by Gasteiger charge is 2.56. The minimum absolute atomic E-state index is 0.137. The number of piperidine rings is 1. The third-order valence-electron chi connectivity index (χ3n) is 4.90. The predicted octanol–water partition coefficient (Wildman–Crippen LogP) is 1.96. The van der Waals surface area contributed by atoms with Gasteiger partial charge in [0.2, 0.25) is 5.91 Å². The fourth-order valence-electron chi connectivity index (χ4n) is 3.56. The Morgan fingerprint density at radius 3 is 2.60 bits per heavy atom. The summed E-state index contributed by atoms with van der Waals surface area (Å²) >= 11 is 1.48. The lowest BCUT2D eigenvalue weighted by atomic mass is 10.1. The summed E-state index contributed by atoms with van der Waals surface area (Å²) in [5.74, 6) is -0.199. The zero-order valence-electron chi connectivity index (χ0n) is 14.2. The molecule has 0 bridgehead atoms. The molecule has 0 spiro atoms. The summed E-state index contributed by atoms with van der Waals surface area (Å²) in [6.45, 7) is 0. The van der Waals surface area contributed by atoms with Gasteiger partial charge >= 0.3 is 0 Å². The average Bonchev–Trinajstić information content (AvgIpc) is 3.07. The minimum Gasteiger partial charge on any atom is -0.368 e. The number of nitrogens with two attached hydrogens (primary N) is 1. The third-order valence-corrected chi connectivity index (χ3v) is 6.18. The molecule has 1 aromatic heterocycles. The van der Waals surface area contributed by atoms with E-state index in [1.807, 2.05) is 49.3 Å². The molecule has 1 aromatic carbocycles. The number of aromatic nitrogens is 1. The van der Waals surface area contributed by atoms with Crippen molar-refractivity contribution in [1.29, 1.82) is 0 Å². The van der Waals surface area contributed by atoms with Crippen LogP contribution < -0.4 is 10.6 Å². The van der Waals surface area contributed by atoms with Gasteiger partial charge in [0.1, 0.15) is 11.7 Å². The first-order chi connectivity index (χ1) is 12.0. The number of likely N-dealkylation sites (tertiary alicyclic amines) is 1. The number of primary amides is 1. The van der Waals surface area contributed by atoms with E-state index in [-0.39, 0.29) is 11.9 Å². The first-order valence-corrected chi connectivity index (χ1v) is 9.14. The average molecular weight is 356 g/mol. The molecule has 130 valence electrons. The molecule has 25 heavy (non-hydrogen) atoms. The Bertz CT molecular complexity index is 833. The van der Waals surface area contributed by atoms with E-state index in [1.54, 1.807) is 4.90 Å². The summed E-state index contributed by atoms with van der Waals surface area (Å²) in [6.07, 6.45) is 1.64. The van der Waals surface area contributed by atoms with E-state index in [9.17, 15) is 9.59 Å². The van der Waals surface area contributed by atoms with Crippen molar-refractivity contribution < 1.29 is 9.59 Å². The lowest BCUT2D eigenvalue weighted by molar-refractivity contribution is -0.122. The molecule has 0 radical (unpaired) electrons. The Hall–Kier alpha value is -2.41. The maximum absolute atomic E-state index is 13.3. The summed E-state index contributed by atoms with van der Waals surface area (Å²) in [7, 11) is 3.81. The quantitative estimate of drug-likeness (QED) is 0.908. The van der Waals surface area contributed by atoms with Gasteiger partial charge in [-0.15, -0.1) is 0 Å². The number of hydrogen-bond donors (Lipinski definition) is 1. The predicted molar refractivity (Wildman–Crippen MR) is 97.5 cm³/mol. The molecule has 0 unspecified atom stereocenters. The number of fused-ring (bicyclic) bond motifs is 1. The van der Waals surface area contributed by atoms with Crippen LogP contribution in [-0.4, -0.2) is 47.9 Å². The standard InChI is InChI=1S/C18H20N4O2S/c1-21(2)18-20-14(15(25-18)10-6-4-3-5-7-10)17(24)22-12-8-11(12)9-13(22)16(19)23/h3-7,11-13H,8-9H2,1-2H3,(H2,19,23)/t11-,12-,13-/m0/s1. The molecule has 7 heteroatoms. The first kappa shape index (κ1) is 16.1. The molecule has 1 saturated carbocycles.